The Morgan fingerprint density at radius 1 is 1.10 bits per heavy atom. The summed E-state index contributed by atoms with van der Waals surface area (Å²) >= 11 is 0. The van der Waals surface area contributed by atoms with Crippen LogP contribution < -0.4 is 10.7 Å². The maximum absolute atomic E-state index is 13.2. The van der Waals surface area contributed by atoms with Gasteiger partial charge >= 0.3 is 0 Å². The Morgan fingerprint density at radius 2 is 1.63 bits per heavy atom. The first-order chi connectivity index (χ1) is 13.5. The summed E-state index contributed by atoms with van der Waals surface area (Å²) in [5, 5.41) is 7.33. The molecular formula is C22H39ClN5O2+. The first kappa shape index (κ1) is 28.0. The van der Waals surface area contributed by atoms with Crippen molar-refractivity contribution in [3.8, 4) is 0 Å². The number of nitrogens with zero attached hydrogens (tertiary/aromatic N) is 3. The van der Waals surface area contributed by atoms with Gasteiger partial charge in [-0.2, -0.15) is 5.10 Å². The van der Waals surface area contributed by atoms with Gasteiger partial charge in [0.05, 0.1) is 27.1 Å². The number of rotatable bonds is 10. The van der Waals surface area contributed by atoms with E-state index in [4.69, 9.17) is 0 Å². The molecule has 0 saturated heterocycles. The zero-order chi connectivity index (χ0) is 22.2. The topological polar surface area (TPSA) is 73.8 Å². The number of nitrogens with one attached hydrogen (secondary N) is 2. The van der Waals surface area contributed by atoms with E-state index in [1.165, 1.54) is 0 Å². The van der Waals surface area contributed by atoms with Crippen molar-refractivity contribution >= 4 is 35.6 Å². The molecule has 1 aromatic rings. The average molecular weight is 441 g/mol. The number of hydrogen-bond acceptors (Lipinski definition) is 4. The third-order valence-corrected chi connectivity index (χ3v) is 4.86. The molecule has 0 radical (unpaired) electrons. The molecule has 0 aliphatic heterocycles. The van der Waals surface area contributed by atoms with Gasteiger partial charge in [-0.1, -0.05) is 32.0 Å². The molecule has 0 saturated carbocycles. The molecule has 30 heavy (non-hydrogen) atoms. The van der Waals surface area contributed by atoms with Gasteiger partial charge in [-0.3, -0.25) is 9.59 Å². The number of quaternary nitrogens is 1. The largest absolute Gasteiger partial charge is 0.325 e. The van der Waals surface area contributed by atoms with Crippen LogP contribution >= 0.6 is 12.4 Å². The minimum Gasteiger partial charge on any atom is -0.325 e. The van der Waals surface area contributed by atoms with E-state index in [0.29, 0.717) is 23.3 Å². The molecule has 1 atom stereocenters. The molecule has 170 valence electrons. The predicted octanol–water partition coefficient (Wildman–Crippen LogP) is 2.82. The van der Waals surface area contributed by atoms with Crippen LogP contribution in [0.25, 0.3) is 0 Å². The summed E-state index contributed by atoms with van der Waals surface area (Å²) in [6.45, 7) is 12.4. The van der Waals surface area contributed by atoms with Gasteiger partial charge in [0.2, 0.25) is 5.91 Å². The van der Waals surface area contributed by atoms with Crippen LogP contribution in [-0.2, 0) is 9.59 Å². The van der Waals surface area contributed by atoms with Crippen LogP contribution in [0.3, 0.4) is 0 Å². The van der Waals surface area contributed by atoms with Gasteiger partial charge in [-0.15, -0.1) is 12.4 Å². The van der Waals surface area contributed by atoms with Crippen molar-refractivity contribution in [3.05, 3.63) is 29.3 Å². The van der Waals surface area contributed by atoms with Crippen LogP contribution in [0, 0.1) is 19.8 Å². The summed E-state index contributed by atoms with van der Waals surface area (Å²) in [6.07, 6.45) is 0. The summed E-state index contributed by atoms with van der Waals surface area (Å²) in [6, 6.07) is 5.94. The van der Waals surface area contributed by atoms with Crippen LogP contribution in [0.4, 0.5) is 5.69 Å². The van der Waals surface area contributed by atoms with Crippen LogP contribution in [0.1, 0.15) is 31.9 Å². The smallest absolute Gasteiger partial charge is 0.295 e. The summed E-state index contributed by atoms with van der Waals surface area (Å²) in [7, 11) is 5.83. The van der Waals surface area contributed by atoms with Crippen molar-refractivity contribution in [3.63, 3.8) is 0 Å². The second kappa shape index (κ2) is 12.7. The highest BCUT2D eigenvalue weighted by Crippen LogP contribution is 2.20. The molecule has 7 nitrogen and oxygen atoms in total. The molecule has 2 N–H and O–H groups in total. The van der Waals surface area contributed by atoms with Crippen molar-refractivity contribution in [2.24, 2.45) is 11.0 Å². The predicted molar refractivity (Wildman–Crippen MR) is 127 cm³/mol. The van der Waals surface area contributed by atoms with E-state index in [9.17, 15) is 9.59 Å². The fourth-order valence-corrected chi connectivity index (χ4v) is 3.06. The highest BCUT2D eigenvalue weighted by Gasteiger charge is 2.25. The third-order valence-electron chi connectivity index (χ3n) is 4.86. The van der Waals surface area contributed by atoms with Crippen molar-refractivity contribution in [2.45, 2.75) is 34.6 Å². The van der Waals surface area contributed by atoms with E-state index in [1.54, 1.807) is 6.92 Å². The van der Waals surface area contributed by atoms with Gasteiger partial charge in [-0.25, -0.2) is 5.43 Å². The summed E-state index contributed by atoms with van der Waals surface area (Å²) < 4.78 is 0.510. The normalized spacial score (nSPS) is 12.9. The second-order valence-corrected chi connectivity index (χ2v) is 8.53. The maximum atomic E-state index is 13.2. The van der Waals surface area contributed by atoms with E-state index in [1.807, 2.05) is 53.2 Å². The Labute approximate surface area is 187 Å². The van der Waals surface area contributed by atoms with Crippen molar-refractivity contribution in [1.82, 2.24) is 10.3 Å². The van der Waals surface area contributed by atoms with E-state index in [-0.39, 0.29) is 24.2 Å². The number of anilines is 1. The van der Waals surface area contributed by atoms with Gasteiger partial charge in [0, 0.05) is 17.9 Å². The lowest BCUT2D eigenvalue weighted by Crippen LogP contribution is -2.44. The van der Waals surface area contributed by atoms with Gasteiger partial charge in [0.15, 0.2) is 6.54 Å². The maximum Gasteiger partial charge on any atom is 0.295 e. The Kier molecular flexibility index (Phi) is 11.8. The number of hydrazone groups is 1. The zero-order valence-electron chi connectivity index (χ0n) is 19.7. The number of carbonyl (C=O) groups is 2. The standard InChI is InChI=1S/C22H37N5O2.ClH/c1-9-26(10-2)14-19(18(5)24-25-20(28)15-27(6,7)8)22(29)23-21-16(3)12-11-13-17(21)4;/h11-13,19H,9-10,14-15H2,1-8H3,(H-,23,25,28,29);1H/p+1/b24-18-;. The lowest BCUT2D eigenvalue weighted by Gasteiger charge is -2.25. The molecule has 0 fully saturated rings. The van der Waals surface area contributed by atoms with E-state index >= 15 is 0 Å². The number of halogens is 1. The molecule has 0 spiro atoms. The zero-order valence-corrected chi connectivity index (χ0v) is 20.5. The molecule has 8 heteroatoms. The Bertz CT molecular complexity index is 719. The molecule has 0 aliphatic carbocycles. The van der Waals surface area contributed by atoms with Gasteiger partial charge < -0.3 is 14.7 Å². The first-order valence-corrected chi connectivity index (χ1v) is 10.2. The number of benzene rings is 1. The fraction of sp³-hybridized carbons (Fsp3) is 0.591. The van der Waals surface area contributed by atoms with Crippen LogP contribution in [0.5, 0.6) is 0 Å². The van der Waals surface area contributed by atoms with E-state index in [0.717, 1.165) is 29.9 Å². The lowest BCUT2D eigenvalue weighted by atomic mass is 10.0. The second-order valence-electron chi connectivity index (χ2n) is 8.53. The highest BCUT2D eigenvalue weighted by molar-refractivity contribution is 6.09. The molecule has 0 heterocycles. The number of amides is 2. The monoisotopic (exact) mass is 440 g/mol. The van der Waals surface area contributed by atoms with Crippen molar-refractivity contribution in [2.75, 3.05) is 52.6 Å². The molecule has 1 rings (SSSR count). The van der Waals surface area contributed by atoms with E-state index < -0.39 is 5.92 Å². The van der Waals surface area contributed by atoms with Crippen molar-refractivity contribution in [1.29, 1.82) is 0 Å². The number of hydrogen-bond donors (Lipinski definition) is 2. The Balaban J connectivity index is 0.00000841. The lowest BCUT2D eigenvalue weighted by molar-refractivity contribution is -0.862. The fourth-order valence-electron chi connectivity index (χ4n) is 3.06. The number of likely N-dealkylation sites (N-methyl/N-ethyl adjacent to an activating group) is 1. The molecule has 0 bridgehead atoms. The Morgan fingerprint density at radius 3 is 2.10 bits per heavy atom. The quantitative estimate of drug-likeness (QED) is 0.334. The molecule has 0 aliphatic rings. The molecular weight excluding hydrogens is 402 g/mol. The summed E-state index contributed by atoms with van der Waals surface area (Å²) in [4.78, 5) is 27.5. The van der Waals surface area contributed by atoms with Crippen LogP contribution in [-0.4, -0.2) is 74.2 Å². The molecule has 2 amide bonds. The van der Waals surface area contributed by atoms with Gasteiger partial charge in [-0.05, 0) is 45.0 Å². The van der Waals surface area contributed by atoms with Crippen LogP contribution in [0.2, 0.25) is 0 Å². The molecule has 1 aromatic carbocycles. The summed E-state index contributed by atoms with van der Waals surface area (Å²) in [5.41, 5.74) is 6.07. The number of aryl methyl sites for hydroxylation is 2. The number of para-hydroxylation sites is 1. The minimum atomic E-state index is -0.460. The van der Waals surface area contributed by atoms with Crippen LogP contribution in [0.15, 0.2) is 23.3 Å². The van der Waals surface area contributed by atoms with Gasteiger partial charge in [0.25, 0.3) is 5.91 Å². The first-order valence-electron chi connectivity index (χ1n) is 10.2. The Hall–Kier alpha value is -1.96. The van der Waals surface area contributed by atoms with Gasteiger partial charge in [0.1, 0.15) is 0 Å². The minimum absolute atomic E-state index is 0. The van der Waals surface area contributed by atoms with E-state index in [2.05, 4.69) is 34.6 Å². The highest BCUT2D eigenvalue weighted by atomic mass is 35.5. The SMILES string of the molecule is CCN(CC)CC(C(=O)Nc1c(C)cccc1C)/C(C)=N\NC(=O)C[N+](C)(C)C.Cl. The van der Waals surface area contributed by atoms with Crippen molar-refractivity contribution < 1.29 is 14.1 Å². The third kappa shape index (κ3) is 9.24. The summed E-state index contributed by atoms with van der Waals surface area (Å²) in [5.74, 6) is -0.747. The average Bonchev–Trinajstić information content (AvgIpc) is 2.62. The molecule has 1 unspecified atom stereocenters. The number of carbonyl (C=O) groups excluding carboxylic acids is 2. The molecule has 0 aromatic heterocycles.